The summed E-state index contributed by atoms with van der Waals surface area (Å²) in [5.74, 6) is 0.655. The molecule has 0 heterocycles. The Bertz CT molecular complexity index is 1250. The number of hydrogen-bond acceptors (Lipinski definition) is 6. The zero-order chi connectivity index (χ0) is 24.2. The molecular weight excluding hydrogens is 444 g/mol. The molecule has 9 heteroatoms. The van der Waals surface area contributed by atoms with E-state index in [0.717, 1.165) is 11.1 Å². The molecule has 0 aromatic heterocycles. The van der Waals surface area contributed by atoms with Crippen molar-refractivity contribution in [3.63, 3.8) is 0 Å². The first kappa shape index (κ1) is 23.9. The number of anilines is 2. The normalized spacial score (nSPS) is 10.9. The number of benzene rings is 3. The van der Waals surface area contributed by atoms with Crippen molar-refractivity contribution in [1.82, 2.24) is 0 Å². The number of sulfonamides is 1. The van der Waals surface area contributed by atoms with Crippen LogP contribution in [0.5, 0.6) is 17.2 Å². The zero-order valence-electron chi connectivity index (χ0n) is 19.1. The molecule has 0 saturated heterocycles. The second-order valence-corrected chi connectivity index (χ2v) is 8.98. The summed E-state index contributed by atoms with van der Waals surface area (Å²) < 4.78 is 43.8. The zero-order valence-corrected chi connectivity index (χ0v) is 19.9. The second kappa shape index (κ2) is 9.83. The van der Waals surface area contributed by atoms with E-state index < -0.39 is 15.9 Å². The van der Waals surface area contributed by atoms with Crippen molar-refractivity contribution in [2.24, 2.45) is 0 Å². The summed E-state index contributed by atoms with van der Waals surface area (Å²) in [5.41, 5.74) is 3.26. The fraction of sp³-hybridized carbons (Fsp3) is 0.208. The lowest BCUT2D eigenvalue weighted by Crippen LogP contribution is -2.14. The maximum absolute atomic E-state index is 12.7. The van der Waals surface area contributed by atoms with Crippen molar-refractivity contribution in [3.8, 4) is 17.2 Å². The highest BCUT2D eigenvalue weighted by molar-refractivity contribution is 7.92. The van der Waals surface area contributed by atoms with Crippen LogP contribution in [0.15, 0.2) is 59.5 Å². The molecule has 0 fully saturated rings. The van der Waals surface area contributed by atoms with E-state index in [-0.39, 0.29) is 10.5 Å². The Morgan fingerprint density at radius 1 is 0.758 bits per heavy atom. The summed E-state index contributed by atoms with van der Waals surface area (Å²) in [6.45, 7) is 3.87. The van der Waals surface area contributed by atoms with Crippen LogP contribution in [0.1, 0.15) is 21.5 Å². The Labute approximate surface area is 193 Å². The first-order valence-electron chi connectivity index (χ1n) is 10.00. The highest BCUT2D eigenvalue weighted by atomic mass is 32.2. The van der Waals surface area contributed by atoms with Gasteiger partial charge < -0.3 is 19.5 Å². The van der Waals surface area contributed by atoms with E-state index in [2.05, 4.69) is 10.0 Å². The van der Waals surface area contributed by atoms with Gasteiger partial charge in [-0.2, -0.15) is 0 Å². The summed E-state index contributed by atoms with van der Waals surface area (Å²) in [6.07, 6.45) is 0. The number of amides is 1. The van der Waals surface area contributed by atoms with Crippen molar-refractivity contribution in [2.75, 3.05) is 31.4 Å². The van der Waals surface area contributed by atoms with Gasteiger partial charge in [0.25, 0.3) is 15.9 Å². The van der Waals surface area contributed by atoms with Gasteiger partial charge in [0.05, 0.1) is 26.2 Å². The molecule has 0 aliphatic heterocycles. The molecular formula is C24H26N2O6S. The summed E-state index contributed by atoms with van der Waals surface area (Å²) >= 11 is 0. The smallest absolute Gasteiger partial charge is 0.261 e. The molecule has 0 aliphatic carbocycles. The first-order valence-corrected chi connectivity index (χ1v) is 11.5. The Kier molecular flexibility index (Phi) is 7.13. The molecule has 0 atom stereocenters. The van der Waals surface area contributed by atoms with Crippen molar-refractivity contribution in [3.05, 3.63) is 71.3 Å². The van der Waals surface area contributed by atoms with E-state index in [1.165, 1.54) is 57.7 Å². The van der Waals surface area contributed by atoms with Gasteiger partial charge in [-0.25, -0.2) is 8.42 Å². The molecule has 33 heavy (non-hydrogen) atoms. The predicted octanol–water partition coefficient (Wildman–Crippen LogP) is 4.38. The number of methoxy groups -OCH3 is 3. The van der Waals surface area contributed by atoms with Gasteiger partial charge in [-0.15, -0.1) is 0 Å². The lowest BCUT2D eigenvalue weighted by Gasteiger charge is -2.14. The van der Waals surface area contributed by atoms with E-state index in [0.29, 0.717) is 28.6 Å². The number of nitrogens with one attached hydrogen (secondary N) is 2. The monoisotopic (exact) mass is 470 g/mol. The Morgan fingerprint density at radius 2 is 1.33 bits per heavy atom. The topological polar surface area (TPSA) is 103 Å². The van der Waals surface area contributed by atoms with Crippen LogP contribution in [0.25, 0.3) is 0 Å². The van der Waals surface area contributed by atoms with Gasteiger partial charge in [-0.3, -0.25) is 9.52 Å². The molecule has 0 spiro atoms. The van der Waals surface area contributed by atoms with Crippen LogP contribution >= 0.6 is 0 Å². The average molecular weight is 471 g/mol. The maximum Gasteiger partial charge on any atom is 0.261 e. The first-order chi connectivity index (χ1) is 15.7. The van der Waals surface area contributed by atoms with Gasteiger partial charge in [-0.1, -0.05) is 6.07 Å². The van der Waals surface area contributed by atoms with Crippen LogP contribution in [-0.4, -0.2) is 35.7 Å². The minimum absolute atomic E-state index is 0.0755. The number of carbonyl (C=O) groups excluding carboxylic acids is 1. The average Bonchev–Trinajstić information content (AvgIpc) is 2.80. The fourth-order valence-electron chi connectivity index (χ4n) is 3.15. The summed E-state index contributed by atoms with van der Waals surface area (Å²) in [5, 5.41) is 2.73. The number of hydrogen-bond donors (Lipinski definition) is 2. The number of carbonyl (C=O) groups is 1. The van der Waals surface area contributed by atoms with Crippen molar-refractivity contribution < 1.29 is 27.4 Å². The molecule has 3 aromatic rings. The van der Waals surface area contributed by atoms with E-state index >= 15 is 0 Å². The summed E-state index contributed by atoms with van der Waals surface area (Å²) in [6, 6.07) is 14.3. The molecule has 0 radical (unpaired) electrons. The third-order valence-corrected chi connectivity index (χ3v) is 6.51. The van der Waals surface area contributed by atoms with Gasteiger partial charge in [0.1, 0.15) is 0 Å². The van der Waals surface area contributed by atoms with Gasteiger partial charge in [0.2, 0.25) is 5.75 Å². The van der Waals surface area contributed by atoms with Gasteiger partial charge in [-0.05, 0) is 73.5 Å². The van der Waals surface area contributed by atoms with Crippen molar-refractivity contribution >= 4 is 27.3 Å². The molecule has 3 aromatic carbocycles. The van der Waals surface area contributed by atoms with Gasteiger partial charge in [0, 0.05) is 16.9 Å². The summed E-state index contributed by atoms with van der Waals surface area (Å²) in [4.78, 5) is 12.8. The van der Waals surface area contributed by atoms with Crippen LogP contribution in [-0.2, 0) is 10.0 Å². The van der Waals surface area contributed by atoms with Crippen molar-refractivity contribution in [2.45, 2.75) is 18.7 Å². The quantitative estimate of drug-likeness (QED) is 0.506. The molecule has 174 valence electrons. The number of ether oxygens (including phenoxy) is 3. The van der Waals surface area contributed by atoms with Crippen LogP contribution in [0.3, 0.4) is 0 Å². The lowest BCUT2D eigenvalue weighted by molar-refractivity contribution is 0.102. The molecule has 0 saturated carbocycles. The molecule has 1 amide bonds. The van der Waals surface area contributed by atoms with E-state index in [1.54, 1.807) is 12.1 Å². The Hall–Kier alpha value is -3.72. The summed E-state index contributed by atoms with van der Waals surface area (Å²) in [7, 11) is 0.626. The fourth-order valence-corrected chi connectivity index (χ4v) is 4.20. The van der Waals surface area contributed by atoms with Gasteiger partial charge >= 0.3 is 0 Å². The molecule has 2 N–H and O–H groups in total. The molecule has 0 bridgehead atoms. The third kappa shape index (κ3) is 5.38. The molecule has 0 aliphatic rings. The van der Waals surface area contributed by atoms with Crippen LogP contribution in [0, 0.1) is 13.8 Å². The third-order valence-electron chi connectivity index (χ3n) is 5.11. The number of rotatable bonds is 8. The second-order valence-electron chi connectivity index (χ2n) is 7.30. The molecule has 0 unspecified atom stereocenters. The molecule has 8 nitrogen and oxygen atoms in total. The molecule has 3 rings (SSSR count). The van der Waals surface area contributed by atoms with Crippen LogP contribution in [0.2, 0.25) is 0 Å². The Morgan fingerprint density at radius 3 is 1.85 bits per heavy atom. The van der Waals surface area contributed by atoms with E-state index in [4.69, 9.17) is 14.2 Å². The minimum Gasteiger partial charge on any atom is -0.493 e. The highest BCUT2D eigenvalue weighted by Crippen LogP contribution is 2.38. The largest absolute Gasteiger partial charge is 0.493 e. The lowest BCUT2D eigenvalue weighted by atomic mass is 10.1. The maximum atomic E-state index is 12.7. The standard InChI is InChI=1S/C24H26N2O6S/c1-15-6-7-19(12-16(15)2)26-33(28,29)20-10-8-18(9-11-20)25-24(27)17-13-21(30-3)23(32-5)22(14-17)31-4/h6-14,26H,1-5H3,(H,25,27). The van der Waals surface area contributed by atoms with Gasteiger partial charge in [0.15, 0.2) is 11.5 Å². The predicted molar refractivity (Wildman–Crippen MR) is 127 cm³/mol. The van der Waals surface area contributed by atoms with Crippen molar-refractivity contribution in [1.29, 1.82) is 0 Å². The van der Waals surface area contributed by atoms with Crippen LogP contribution in [0.4, 0.5) is 11.4 Å². The SMILES string of the molecule is COc1cc(C(=O)Nc2ccc(S(=O)(=O)Nc3ccc(C)c(C)c3)cc2)cc(OC)c1OC. The Balaban J connectivity index is 1.77. The van der Waals surface area contributed by atoms with E-state index in [1.807, 2.05) is 19.9 Å². The minimum atomic E-state index is -3.78. The van der Waals surface area contributed by atoms with E-state index in [9.17, 15) is 13.2 Å². The van der Waals surface area contributed by atoms with Crippen LogP contribution < -0.4 is 24.2 Å². The highest BCUT2D eigenvalue weighted by Gasteiger charge is 2.18. The number of aryl methyl sites for hydroxylation is 2.